The molecule has 0 saturated carbocycles. The molecular formula is C75H141NO15. The van der Waals surface area contributed by atoms with Gasteiger partial charge in [0.2, 0.25) is 6.29 Å². The number of ether oxygens (including phenoxy) is 6. The maximum absolute atomic E-state index is 12.1. The molecular weight excluding hydrogens is 1150 g/mol. The number of carboxylic acid groups (broad SMARTS) is 2. The average Bonchev–Trinajstić information content (AvgIpc) is 4.23. The van der Waals surface area contributed by atoms with E-state index in [-0.39, 0.29) is 61.9 Å². The van der Waals surface area contributed by atoms with Gasteiger partial charge in [-0.25, -0.2) is 0 Å². The summed E-state index contributed by atoms with van der Waals surface area (Å²) in [7, 11) is 3.61. The Labute approximate surface area is 556 Å². The number of hydrogen-bond acceptors (Lipinski definition) is 14. The number of carbonyl (C=O) groups is 7. The molecule has 0 bridgehead atoms. The van der Waals surface area contributed by atoms with Crippen LogP contribution in [0.3, 0.4) is 0 Å². The van der Waals surface area contributed by atoms with Gasteiger partial charge in [0.1, 0.15) is 6.61 Å². The van der Waals surface area contributed by atoms with Gasteiger partial charge < -0.3 is 38.6 Å². The molecule has 1 aliphatic heterocycles. The lowest BCUT2D eigenvalue weighted by Crippen LogP contribution is -2.27. The topological polar surface area (TPSA) is 219 Å². The van der Waals surface area contributed by atoms with E-state index in [1.54, 1.807) is 19.0 Å². The van der Waals surface area contributed by atoms with Gasteiger partial charge in [0.05, 0.1) is 32.5 Å². The summed E-state index contributed by atoms with van der Waals surface area (Å²) in [5, 5.41) is 17.1. The fourth-order valence-electron chi connectivity index (χ4n) is 11.4. The highest BCUT2D eigenvalue weighted by Gasteiger charge is 2.29. The summed E-state index contributed by atoms with van der Waals surface area (Å²) >= 11 is 0. The molecule has 1 saturated heterocycles. The number of aliphatic carboxylic acids is 2. The van der Waals surface area contributed by atoms with E-state index in [0.717, 1.165) is 116 Å². The first kappa shape index (κ1) is 89.3. The fraction of sp³-hybridized carbons (Fsp3) is 0.907. The van der Waals surface area contributed by atoms with E-state index >= 15 is 0 Å². The first-order chi connectivity index (χ1) is 44.0. The van der Waals surface area contributed by atoms with E-state index in [4.69, 9.17) is 38.6 Å². The summed E-state index contributed by atoms with van der Waals surface area (Å²) in [6.45, 7) is 15.5. The summed E-state index contributed by atoms with van der Waals surface area (Å²) in [5.74, 6) is -0.133. The van der Waals surface area contributed by atoms with E-state index in [1.807, 2.05) is 0 Å². The maximum Gasteiger partial charge on any atom is 0.320 e. The molecule has 0 unspecified atom stereocenters. The van der Waals surface area contributed by atoms with E-state index in [2.05, 4.69) is 41.5 Å². The van der Waals surface area contributed by atoms with Crippen molar-refractivity contribution in [2.24, 2.45) is 17.8 Å². The SMILES string of the molecule is CCCCCC(CCCCC)CCOC(=O)CCCCCCCC(=O)O.CCCCCC(CCCCC)CCOC(=O)CCCCCCCC(=O)O.CCCCCC(CCCCC)CCOC(=O)CCCCCCCC(=O)O[C@H]1CC[C@@H](COC(=O)CN(C)C)O1. The summed E-state index contributed by atoms with van der Waals surface area (Å²) < 4.78 is 32.7. The lowest BCUT2D eigenvalue weighted by molar-refractivity contribution is -0.180. The van der Waals surface area contributed by atoms with E-state index in [9.17, 15) is 33.6 Å². The molecule has 0 aliphatic carbocycles. The van der Waals surface area contributed by atoms with Crippen LogP contribution in [0.15, 0.2) is 0 Å². The van der Waals surface area contributed by atoms with Gasteiger partial charge in [-0.2, -0.15) is 0 Å². The number of unbranched alkanes of at least 4 members (excludes halogenated alkanes) is 24. The zero-order valence-electron chi connectivity index (χ0n) is 59.9. The van der Waals surface area contributed by atoms with E-state index < -0.39 is 18.2 Å². The molecule has 0 spiro atoms. The van der Waals surface area contributed by atoms with Crippen molar-refractivity contribution in [1.82, 2.24) is 4.90 Å². The van der Waals surface area contributed by atoms with Gasteiger partial charge in [0.25, 0.3) is 0 Å². The van der Waals surface area contributed by atoms with Crippen molar-refractivity contribution < 1.29 is 72.2 Å². The Kier molecular flexibility index (Phi) is 66.3. The third-order valence-electron chi connectivity index (χ3n) is 17.2. The molecule has 536 valence electrons. The molecule has 16 nitrogen and oxygen atoms in total. The van der Waals surface area contributed by atoms with Crippen molar-refractivity contribution >= 4 is 41.8 Å². The van der Waals surface area contributed by atoms with E-state index in [1.165, 1.54) is 154 Å². The Morgan fingerprint density at radius 2 is 0.637 bits per heavy atom. The fourth-order valence-corrected chi connectivity index (χ4v) is 11.4. The molecule has 91 heavy (non-hydrogen) atoms. The Morgan fingerprint density at radius 1 is 0.352 bits per heavy atom. The lowest BCUT2D eigenvalue weighted by atomic mass is 9.92. The van der Waals surface area contributed by atoms with Crippen LogP contribution in [0.4, 0.5) is 0 Å². The molecule has 1 heterocycles. The minimum atomic E-state index is -0.726. The third-order valence-corrected chi connectivity index (χ3v) is 17.2. The first-order valence-corrected chi connectivity index (χ1v) is 37.6. The highest BCUT2D eigenvalue weighted by molar-refractivity contribution is 5.72. The molecule has 1 fully saturated rings. The second-order valence-corrected chi connectivity index (χ2v) is 26.4. The van der Waals surface area contributed by atoms with Gasteiger partial charge in [0, 0.05) is 44.9 Å². The van der Waals surface area contributed by atoms with Gasteiger partial charge in [-0.05, 0) is 96.1 Å². The summed E-state index contributed by atoms with van der Waals surface area (Å²) in [4.78, 5) is 82.1. The Balaban J connectivity index is 0. The van der Waals surface area contributed by atoms with Crippen LogP contribution in [0.5, 0.6) is 0 Å². The number of nitrogens with zero attached hydrogens (tertiary/aromatic N) is 1. The van der Waals surface area contributed by atoms with Crippen LogP contribution in [0.25, 0.3) is 0 Å². The second-order valence-electron chi connectivity index (χ2n) is 26.4. The van der Waals surface area contributed by atoms with Crippen LogP contribution in [0, 0.1) is 17.8 Å². The Morgan fingerprint density at radius 3 is 0.923 bits per heavy atom. The zero-order valence-corrected chi connectivity index (χ0v) is 59.9. The van der Waals surface area contributed by atoms with Gasteiger partial charge in [0.15, 0.2) is 0 Å². The highest BCUT2D eigenvalue weighted by atomic mass is 16.7. The Hall–Kier alpha value is -3.79. The zero-order chi connectivity index (χ0) is 67.6. The normalized spacial score (nSPS) is 13.6. The molecule has 2 N–H and O–H groups in total. The smallest absolute Gasteiger partial charge is 0.320 e. The molecule has 1 rings (SSSR count). The van der Waals surface area contributed by atoms with Crippen LogP contribution in [-0.2, 0) is 62.0 Å². The van der Waals surface area contributed by atoms with Crippen LogP contribution in [0.2, 0.25) is 0 Å². The van der Waals surface area contributed by atoms with Crippen LogP contribution >= 0.6 is 0 Å². The standard InChI is InChI=1S/C31H57NO7.2C22H42O4/c1-5-7-12-16-26(17-13-8-6-2)22-23-36-28(33)18-14-10-9-11-15-19-29(34)39-31-21-20-27(38-31)25-37-30(35)24-32(3)4;2*1-3-5-10-14-20(15-11-6-4-2)18-19-26-22(25)17-13-9-7-8-12-16-21(23)24/h26-27,31H,5-25H2,1-4H3;2*20H,3-19H2,1-2H3,(H,23,24)/t27-,31-;;/m0../s1. The second kappa shape index (κ2) is 67.6. The minimum Gasteiger partial charge on any atom is -0.481 e. The van der Waals surface area contributed by atoms with Crippen molar-refractivity contribution in [3.8, 4) is 0 Å². The summed E-state index contributed by atoms with van der Waals surface area (Å²) in [5.41, 5.74) is 0. The molecule has 0 radical (unpaired) electrons. The molecule has 0 amide bonds. The number of carbonyl (C=O) groups excluding carboxylic acids is 5. The van der Waals surface area contributed by atoms with Gasteiger partial charge in [-0.3, -0.25) is 38.5 Å². The predicted molar refractivity (Wildman–Crippen MR) is 368 cm³/mol. The number of likely N-dealkylation sites (N-methyl/N-ethyl adjacent to an activating group) is 1. The highest BCUT2D eigenvalue weighted by Crippen LogP contribution is 2.25. The summed E-state index contributed by atoms with van der Waals surface area (Å²) in [6, 6.07) is 0. The van der Waals surface area contributed by atoms with Crippen LogP contribution < -0.4 is 0 Å². The number of esters is 5. The lowest BCUT2D eigenvalue weighted by Gasteiger charge is -2.16. The van der Waals surface area contributed by atoms with Crippen molar-refractivity contribution in [2.75, 3.05) is 47.1 Å². The monoisotopic (exact) mass is 1300 g/mol. The minimum absolute atomic E-state index is 0.0728. The molecule has 0 aromatic carbocycles. The third kappa shape index (κ3) is 66.0. The van der Waals surface area contributed by atoms with Crippen molar-refractivity contribution in [2.45, 2.75) is 375 Å². The van der Waals surface area contributed by atoms with E-state index in [0.29, 0.717) is 76.1 Å². The van der Waals surface area contributed by atoms with Crippen molar-refractivity contribution in [3.63, 3.8) is 0 Å². The molecule has 0 aromatic heterocycles. The van der Waals surface area contributed by atoms with Gasteiger partial charge in [-0.1, -0.05) is 253 Å². The van der Waals surface area contributed by atoms with Crippen LogP contribution in [-0.4, -0.2) is 116 Å². The molecule has 2 atom stereocenters. The average molecular weight is 1300 g/mol. The van der Waals surface area contributed by atoms with Gasteiger partial charge >= 0.3 is 41.8 Å². The number of hydrogen-bond donors (Lipinski definition) is 2. The van der Waals surface area contributed by atoms with Crippen molar-refractivity contribution in [3.05, 3.63) is 0 Å². The van der Waals surface area contributed by atoms with Crippen LogP contribution in [0.1, 0.15) is 363 Å². The predicted octanol–water partition coefficient (Wildman–Crippen LogP) is 19.6. The number of carboxylic acids is 2. The molecule has 0 aromatic rings. The van der Waals surface area contributed by atoms with Gasteiger partial charge in [-0.15, -0.1) is 0 Å². The summed E-state index contributed by atoms with van der Waals surface area (Å²) in [6.07, 6.45) is 50.0. The van der Waals surface area contributed by atoms with Crippen molar-refractivity contribution in [1.29, 1.82) is 0 Å². The molecule has 1 aliphatic rings. The number of rotatable bonds is 62. The Bertz CT molecular complexity index is 1610. The largest absolute Gasteiger partial charge is 0.481 e. The quantitative estimate of drug-likeness (QED) is 0.0329. The molecule has 16 heteroatoms. The first-order valence-electron chi connectivity index (χ1n) is 37.6. The maximum atomic E-state index is 12.1.